The van der Waals surface area contributed by atoms with E-state index in [2.05, 4.69) is 15.4 Å². The Kier molecular flexibility index (Phi) is 3.81. The van der Waals surface area contributed by atoms with Gasteiger partial charge in [-0.25, -0.2) is 9.37 Å². The minimum absolute atomic E-state index is 0.287. The van der Waals surface area contributed by atoms with Gasteiger partial charge in [-0.2, -0.15) is 0 Å². The number of hydrogen-bond acceptors (Lipinski definition) is 5. The van der Waals surface area contributed by atoms with Gasteiger partial charge in [-0.15, -0.1) is 0 Å². The molecule has 0 spiro atoms. The van der Waals surface area contributed by atoms with E-state index in [1.54, 1.807) is 12.3 Å². The molecule has 0 aliphatic carbocycles. The van der Waals surface area contributed by atoms with Gasteiger partial charge in [0.05, 0.1) is 11.7 Å². The van der Waals surface area contributed by atoms with Crippen LogP contribution in [0, 0.1) is 5.82 Å². The van der Waals surface area contributed by atoms with Crippen molar-refractivity contribution in [3.05, 3.63) is 53.7 Å². The Balaban J connectivity index is 2.23. The molecule has 0 saturated heterocycles. The van der Waals surface area contributed by atoms with Crippen LogP contribution in [0.2, 0.25) is 0 Å². The van der Waals surface area contributed by atoms with E-state index in [0.29, 0.717) is 12.2 Å². The quantitative estimate of drug-likeness (QED) is 0.552. The molecule has 0 radical (unpaired) electrons. The lowest BCUT2D eigenvalue weighted by Gasteiger charge is -2.16. The fourth-order valence-corrected chi connectivity index (χ4v) is 1.75. The number of hydrazine groups is 1. The highest BCUT2D eigenvalue weighted by Gasteiger charge is 2.16. The van der Waals surface area contributed by atoms with Crippen LogP contribution in [0.25, 0.3) is 0 Å². The van der Waals surface area contributed by atoms with Gasteiger partial charge >= 0.3 is 0 Å². The van der Waals surface area contributed by atoms with Crippen molar-refractivity contribution in [1.29, 1.82) is 0 Å². The van der Waals surface area contributed by atoms with E-state index >= 15 is 0 Å². The van der Waals surface area contributed by atoms with E-state index in [1.165, 1.54) is 18.3 Å². The summed E-state index contributed by atoms with van der Waals surface area (Å²) >= 11 is 0. The van der Waals surface area contributed by atoms with Crippen molar-refractivity contribution < 1.29 is 4.39 Å². The molecule has 5 N–H and O–H groups in total. The first-order valence-electron chi connectivity index (χ1n) is 5.47. The molecular formula is C12H14FN5. The Morgan fingerprint density at radius 1 is 1.28 bits per heavy atom. The molecule has 0 fully saturated rings. The smallest absolute Gasteiger partial charge is 0.146 e. The van der Waals surface area contributed by atoms with Gasteiger partial charge in [-0.05, 0) is 36.2 Å². The van der Waals surface area contributed by atoms with Crippen LogP contribution in [0.15, 0.2) is 36.7 Å². The number of nitrogen functional groups attached to an aromatic ring is 1. The van der Waals surface area contributed by atoms with Gasteiger partial charge in [0.2, 0.25) is 0 Å². The Morgan fingerprint density at radius 2 is 2.11 bits per heavy atom. The van der Waals surface area contributed by atoms with E-state index in [4.69, 9.17) is 11.6 Å². The van der Waals surface area contributed by atoms with Crippen LogP contribution in [0.4, 0.5) is 10.2 Å². The Bertz CT molecular complexity index is 531. The third kappa shape index (κ3) is 2.79. The number of nitrogens with two attached hydrogens (primary N) is 2. The summed E-state index contributed by atoms with van der Waals surface area (Å²) < 4.78 is 13.6. The van der Waals surface area contributed by atoms with Crippen LogP contribution in [-0.4, -0.2) is 9.97 Å². The summed E-state index contributed by atoms with van der Waals surface area (Å²) in [7, 11) is 0. The average molecular weight is 247 g/mol. The van der Waals surface area contributed by atoms with Crippen LogP contribution in [0.5, 0.6) is 0 Å². The molecular weight excluding hydrogens is 233 g/mol. The molecule has 2 heterocycles. The van der Waals surface area contributed by atoms with Gasteiger partial charge in [-0.3, -0.25) is 16.3 Å². The fraction of sp³-hybridized carbons (Fsp3) is 0.167. The molecule has 18 heavy (non-hydrogen) atoms. The first kappa shape index (κ1) is 12.4. The summed E-state index contributed by atoms with van der Waals surface area (Å²) in [5.74, 6) is 5.49. The number of halogens is 1. The number of aromatic nitrogens is 2. The van der Waals surface area contributed by atoms with Crippen molar-refractivity contribution in [3.8, 4) is 0 Å². The zero-order chi connectivity index (χ0) is 13.0. The molecule has 0 aliphatic heterocycles. The van der Waals surface area contributed by atoms with E-state index in [1.807, 2.05) is 6.07 Å². The molecule has 0 aliphatic rings. The van der Waals surface area contributed by atoms with E-state index in [-0.39, 0.29) is 11.5 Å². The highest BCUT2D eigenvalue weighted by Crippen LogP contribution is 2.18. The molecule has 6 heteroatoms. The molecule has 5 nitrogen and oxygen atoms in total. The number of nitrogens with one attached hydrogen (secondary N) is 1. The monoisotopic (exact) mass is 247 g/mol. The lowest BCUT2D eigenvalue weighted by atomic mass is 10.0. The molecule has 0 aromatic carbocycles. The van der Waals surface area contributed by atoms with Crippen molar-refractivity contribution in [3.63, 3.8) is 0 Å². The zero-order valence-electron chi connectivity index (χ0n) is 9.68. The predicted octanol–water partition coefficient (Wildman–Crippen LogP) is 0.945. The molecule has 1 atom stereocenters. The SMILES string of the molecule is NNC(Cc1ccnc(N)c1)c1ncccc1F. The third-order valence-electron chi connectivity index (χ3n) is 2.60. The lowest BCUT2D eigenvalue weighted by molar-refractivity contribution is 0.494. The van der Waals surface area contributed by atoms with Crippen LogP contribution in [-0.2, 0) is 6.42 Å². The van der Waals surface area contributed by atoms with Crippen LogP contribution in [0.3, 0.4) is 0 Å². The number of anilines is 1. The van der Waals surface area contributed by atoms with Gasteiger partial charge in [0, 0.05) is 12.4 Å². The first-order valence-corrected chi connectivity index (χ1v) is 5.47. The minimum atomic E-state index is -0.409. The van der Waals surface area contributed by atoms with Gasteiger partial charge < -0.3 is 5.73 Å². The van der Waals surface area contributed by atoms with Crippen LogP contribution < -0.4 is 17.0 Å². The second kappa shape index (κ2) is 5.52. The molecule has 0 saturated carbocycles. The highest BCUT2D eigenvalue weighted by molar-refractivity contribution is 5.32. The largest absolute Gasteiger partial charge is 0.384 e. The Morgan fingerprint density at radius 3 is 2.78 bits per heavy atom. The molecule has 2 aromatic rings. The maximum Gasteiger partial charge on any atom is 0.146 e. The van der Waals surface area contributed by atoms with Crippen molar-refractivity contribution >= 4 is 5.82 Å². The molecule has 94 valence electrons. The standard InChI is InChI=1S/C12H14FN5/c13-9-2-1-4-17-12(9)10(18-15)6-8-3-5-16-11(14)7-8/h1-5,7,10,18H,6,15H2,(H2,14,16). The summed E-state index contributed by atoms with van der Waals surface area (Å²) in [6.45, 7) is 0. The average Bonchev–Trinajstić information content (AvgIpc) is 2.37. The summed E-state index contributed by atoms with van der Waals surface area (Å²) in [5.41, 5.74) is 9.36. The Hall–Kier alpha value is -2.05. The first-order chi connectivity index (χ1) is 8.70. The normalized spacial score (nSPS) is 12.3. The molecule has 2 aromatic heterocycles. The van der Waals surface area contributed by atoms with Gasteiger partial charge in [-0.1, -0.05) is 0 Å². The van der Waals surface area contributed by atoms with Crippen molar-refractivity contribution in [2.24, 2.45) is 5.84 Å². The van der Waals surface area contributed by atoms with E-state index in [9.17, 15) is 4.39 Å². The maximum atomic E-state index is 13.6. The second-order valence-corrected chi connectivity index (χ2v) is 3.88. The predicted molar refractivity (Wildman–Crippen MR) is 66.6 cm³/mol. The molecule has 2 rings (SSSR count). The van der Waals surface area contributed by atoms with Crippen molar-refractivity contribution in [2.75, 3.05) is 5.73 Å². The lowest BCUT2D eigenvalue weighted by Crippen LogP contribution is -2.31. The number of pyridine rings is 2. The molecule has 1 unspecified atom stereocenters. The minimum Gasteiger partial charge on any atom is -0.384 e. The number of nitrogens with zero attached hydrogens (tertiary/aromatic N) is 2. The Labute approximate surface area is 104 Å². The second-order valence-electron chi connectivity index (χ2n) is 3.88. The number of rotatable bonds is 4. The summed E-state index contributed by atoms with van der Waals surface area (Å²) in [4.78, 5) is 7.90. The van der Waals surface area contributed by atoms with Gasteiger partial charge in [0.1, 0.15) is 11.6 Å². The molecule has 0 amide bonds. The van der Waals surface area contributed by atoms with Crippen molar-refractivity contribution in [2.45, 2.75) is 12.5 Å². The topological polar surface area (TPSA) is 89.8 Å². The fourth-order valence-electron chi connectivity index (χ4n) is 1.75. The van der Waals surface area contributed by atoms with Gasteiger partial charge in [0.15, 0.2) is 0 Å². The zero-order valence-corrected chi connectivity index (χ0v) is 9.68. The van der Waals surface area contributed by atoms with Gasteiger partial charge in [0.25, 0.3) is 0 Å². The summed E-state index contributed by atoms with van der Waals surface area (Å²) in [5, 5.41) is 0. The van der Waals surface area contributed by atoms with E-state index < -0.39 is 6.04 Å². The summed E-state index contributed by atoms with van der Waals surface area (Å²) in [6.07, 6.45) is 3.62. The third-order valence-corrected chi connectivity index (χ3v) is 2.60. The van der Waals surface area contributed by atoms with E-state index in [0.717, 1.165) is 5.56 Å². The van der Waals surface area contributed by atoms with Crippen molar-refractivity contribution in [1.82, 2.24) is 15.4 Å². The molecule has 0 bridgehead atoms. The summed E-state index contributed by atoms with van der Waals surface area (Å²) in [6, 6.07) is 6.02. The van der Waals surface area contributed by atoms with Crippen LogP contribution >= 0.6 is 0 Å². The maximum absolute atomic E-state index is 13.6. The van der Waals surface area contributed by atoms with Crippen LogP contribution in [0.1, 0.15) is 17.3 Å². The number of hydrogen-bond donors (Lipinski definition) is 3. The highest BCUT2D eigenvalue weighted by atomic mass is 19.1.